The lowest BCUT2D eigenvalue weighted by Crippen LogP contribution is -2.49. The van der Waals surface area contributed by atoms with Gasteiger partial charge >= 0.3 is 0 Å². The summed E-state index contributed by atoms with van der Waals surface area (Å²) in [6.45, 7) is 1.75. The van der Waals surface area contributed by atoms with E-state index in [1.165, 1.54) is 22.9 Å². The summed E-state index contributed by atoms with van der Waals surface area (Å²) in [4.78, 5) is 14.2. The predicted octanol–water partition coefficient (Wildman–Crippen LogP) is 0.254. The number of rotatable bonds is 3. The third-order valence-corrected chi connectivity index (χ3v) is 5.47. The van der Waals surface area contributed by atoms with Gasteiger partial charge in [-0.15, -0.1) is 0 Å². The fourth-order valence-corrected chi connectivity index (χ4v) is 3.74. The minimum Gasteiger partial charge on any atom is -0.353 e. The molecule has 0 N–H and O–H groups in total. The summed E-state index contributed by atoms with van der Waals surface area (Å²) in [6, 6.07) is 5.07. The van der Waals surface area contributed by atoms with Gasteiger partial charge in [-0.1, -0.05) is 0 Å². The molecule has 0 aliphatic carbocycles. The van der Waals surface area contributed by atoms with Crippen molar-refractivity contribution in [1.82, 2.24) is 19.3 Å². The van der Waals surface area contributed by atoms with Gasteiger partial charge < -0.3 is 4.90 Å². The first-order chi connectivity index (χ1) is 11.1. The number of pyridine rings is 1. The van der Waals surface area contributed by atoms with Crippen molar-refractivity contribution in [1.29, 1.82) is 5.26 Å². The van der Waals surface area contributed by atoms with Gasteiger partial charge in [0.05, 0.1) is 12.4 Å². The second-order valence-corrected chi connectivity index (χ2v) is 6.89. The maximum absolute atomic E-state index is 12.5. The molecule has 0 unspecified atom stereocenters. The average Bonchev–Trinajstić information content (AvgIpc) is 2.63. The van der Waals surface area contributed by atoms with Gasteiger partial charge in [-0.2, -0.15) is 9.57 Å². The van der Waals surface area contributed by atoms with E-state index in [1.54, 1.807) is 18.3 Å². The summed E-state index contributed by atoms with van der Waals surface area (Å²) in [5.74, 6) is 0.641. The number of nitriles is 1. The molecule has 0 radical (unpaired) electrons. The molecule has 2 aromatic heterocycles. The topological polar surface area (TPSA) is 103 Å². The molecule has 1 saturated heterocycles. The quantitative estimate of drug-likeness (QED) is 0.795. The summed E-state index contributed by atoms with van der Waals surface area (Å²) >= 11 is 0. The molecule has 0 spiro atoms. The van der Waals surface area contributed by atoms with Gasteiger partial charge in [-0.25, -0.2) is 18.4 Å². The number of nitrogens with zero attached hydrogens (tertiary/aromatic N) is 6. The highest BCUT2D eigenvalue weighted by atomic mass is 32.2. The summed E-state index contributed by atoms with van der Waals surface area (Å²) in [5.41, 5.74) is 0.256. The van der Waals surface area contributed by atoms with E-state index in [0.29, 0.717) is 32.0 Å². The van der Waals surface area contributed by atoms with Crippen LogP contribution >= 0.6 is 0 Å². The van der Waals surface area contributed by atoms with E-state index >= 15 is 0 Å². The van der Waals surface area contributed by atoms with Gasteiger partial charge in [-0.05, 0) is 12.1 Å². The van der Waals surface area contributed by atoms with Crippen molar-refractivity contribution in [3.05, 3.63) is 42.6 Å². The zero-order chi connectivity index (χ0) is 16.3. The highest BCUT2D eigenvalue weighted by Crippen LogP contribution is 2.18. The molecule has 1 fully saturated rings. The molecular formula is C14H14N6O2S. The van der Waals surface area contributed by atoms with Crippen LogP contribution in [0.4, 0.5) is 5.82 Å². The van der Waals surface area contributed by atoms with E-state index in [4.69, 9.17) is 5.26 Å². The van der Waals surface area contributed by atoms with Crippen LogP contribution in [0.25, 0.3) is 0 Å². The zero-order valence-corrected chi connectivity index (χ0v) is 13.0. The number of hydrogen-bond acceptors (Lipinski definition) is 7. The second-order valence-electron chi connectivity index (χ2n) is 4.95. The van der Waals surface area contributed by atoms with E-state index in [9.17, 15) is 8.42 Å². The molecule has 118 valence electrons. The van der Waals surface area contributed by atoms with Crippen molar-refractivity contribution in [3.8, 4) is 6.07 Å². The molecular weight excluding hydrogens is 316 g/mol. The van der Waals surface area contributed by atoms with Crippen molar-refractivity contribution in [2.75, 3.05) is 31.1 Å². The largest absolute Gasteiger partial charge is 0.353 e. The first-order valence-electron chi connectivity index (χ1n) is 6.98. The van der Waals surface area contributed by atoms with Crippen molar-refractivity contribution in [3.63, 3.8) is 0 Å². The van der Waals surface area contributed by atoms with Crippen molar-refractivity contribution >= 4 is 15.8 Å². The molecule has 23 heavy (non-hydrogen) atoms. The fraction of sp³-hybridized carbons (Fsp3) is 0.286. The van der Waals surface area contributed by atoms with Crippen LogP contribution in [0.3, 0.4) is 0 Å². The fourth-order valence-electron chi connectivity index (χ4n) is 2.35. The molecule has 1 aliphatic rings. The van der Waals surface area contributed by atoms with Gasteiger partial charge in [0.2, 0.25) is 10.0 Å². The van der Waals surface area contributed by atoms with Crippen LogP contribution in [-0.4, -0.2) is 53.9 Å². The van der Waals surface area contributed by atoms with Gasteiger partial charge in [-0.3, -0.25) is 4.98 Å². The molecule has 0 amide bonds. The molecule has 1 aliphatic heterocycles. The molecule has 0 aromatic carbocycles. The lowest BCUT2D eigenvalue weighted by molar-refractivity contribution is 0.383. The van der Waals surface area contributed by atoms with Crippen LogP contribution < -0.4 is 4.90 Å². The molecule has 9 heteroatoms. The Hall–Kier alpha value is -2.57. The second kappa shape index (κ2) is 6.28. The van der Waals surface area contributed by atoms with E-state index in [-0.39, 0.29) is 10.6 Å². The number of hydrogen-bond donors (Lipinski definition) is 0. The Bertz CT molecular complexity index is 809. The molecule has 3 heterocycles. The predicted molar refractivity (Wildman–Crippen MR) is 82.0 cm³/mol. The highest BCUT2D eigenvalue weighted by molar-refractivity contribution is 7.89. The number of sulfonamides is 1. The molecule has 2 aromatic rings. The molecule has 8 nitrogen and oxygen atoms in total. The van der Waals surface area contributed by atoms with Crippen molar-refractivity contribution in [2.45, 2.75) is 4.90 Å². The maximum atomic E-state index is 12.5. The lowest BCUT2D eigenvalue weighted by atomic mass is 10.3. The summed E-state index contributed by atoms with van der Waals surface area (Å²) in [7, 11) is -3.51. The van der Waals surface area contributed by atoms with E-state index in [2.05, 4.69) is 15.0 Å². The third-order valence-electron chi connectivity index (χ3n) is 3.59. The number of anilines is 1. The van der Waals surface area contributed by atoms with Crippen LogP contribution in [-0.2, 0) is 10.0 Å². The minimum absolute atomic E-state index is 0.201. The minimum atomic E-state index is -3.51. The van der Waals surface area contributed by atoms with Crippen LogP contribution in [0.2, 0.25) is 0 Å². The van der Waals surface area contributed by atoms with Crippen LogP contribution in [0, 0.1) is 11.3 Å². The van der Waals surface area contributed by atoms with Gasteiger partial charge in [0.15, 0.2) is 5.69 Å². The summed E-state index contributed by atoms with van der Waals surface area (Å²) < 4.78 is 26.5. The molecule has 0 atom stereocenters. The highest BCUT2D eigenvalue weighted by Gasteiger charge is 2.29. The normalized spacial score (nSPS) is 16.0. The summed E-state index contributed by atoms with van der Waals surface area (Å²) in [5, 5.41) is 8.73. The third kappa shape index (κ3) is 3.13. The average molecular weight is 330 g/mol. The van der Waals surface area contributed by atoms with E-state index < -0.39 is 10.0 Å². The van der Waals surface area contributed by atoms with Gasteiger partial charge in [0.25, 0.3) is 0 Å². The molecule has 3 rings (SSSR count). The number of piperazine rings is 1. The van der Waals surface area contributed by atoms with Crippen LogP contribution in [0.15, 0.2) is 41.8 Å². The summed E-state index contributed by atoms with van der Waals surface area (Å²) in [6.07, 6.45) is 5.84. The van der Waals surface area contributed by atoms with E-state index in [0.717, 1.165) is 0 Å². The Morgan fingerprint density at radius 2 is 1.87 bits per heavy atom. The SMILES string of the molecule is N#Cc1cnc(N2CCN(S(=O)(=O)c3cccnc3)CC2)cn1. The lowest BCUT2D eigenvalue weighted by Gasteiger charge is -2.34. The first-order valence-corrected chi connectivity index (χ1v) is 8.42. The Kier molecular flexibility index (Phi) is 4.18. The standard InChI is InChI=1S/C14H14N6O2S/c15-8-12-9-18-14(11-17-12)19-4-6-20(7-5-19)23(21,22)13-2-1-3-16-10-13/h1-3,9-11H,4-7H2. The van der Waals surface area contributed by atoms with Crippen LogP contribution in [0.1, 0.15) is 5.69 Å². The van der Waals surface area contributed by atoms with Gasteiger partial charge in [0, 0.05) is 38.6 Å². The van der Waals surface area contributed by atoms with E-state index in [1.807, 2.05) is 11.0 Å². The number of aromatic nitrogens is 3. The smallest absolute Gasteiger partial charge is 0.244 e. The van der Waals surface area contributed by atoms with Crippen molar-refractivity contribution < 1.29 is 8.42 Å². The van der Waals surface area contributed by atoms with Crippen molar-refractivity contribution in [2.24, 2.45) is 0 Å². The van der Waals surface area contributed by atoms with Gasteiger partial charge in [0.1, 0.15) is 16.8 Å². The Morgan fingerprint density at radius 1 is 1.09 bits per heavy atom. The molecule has 0 bridgehead atoms. The zero-order valence-electron chi connectivity index (χ0n) is 12.2. The monoisotopic (exact) mass is 330 g/mol. The first kappa shape index (κ1) is 15.3. The Labute approximate surface area is 134 Å². The van der Waals surface area contributed by atoms with Crippen LogP contribution in [0.5, 0.6) is 0 Å². The maximum Gasteiger partial charge on any atom is 0.244 e. The Balaban J connectivity index is 1.70. The molecule has 0 saturated carbocycles. The Morgan fingerprint density at radius 3 is 2.43 bits per heavy atom.